The molecular formula is C8H17ClO. The monoisotopic (exact) mass is 164 g/mol. The van der Waals surface area contributed by atoms with Crippen LogP contribution in [0.5, 0.6) is 0 Å². The highest BCUT2D eigenvalue weighted by Gasteiger charge is 2.04. The lowest BCUT2D eigenvalue weighted by Gasteiger charge is -2.13. The molecule has 0 N–H and O–H groups in total. The quantitative estimate of drug-likeness (QED) is 0.568. The summed E-state index contributed by atoms with van der Waals surface area (Å²) in [6, 6.07) is 0. The van der Waals surface area contributed by atoms with E-state index in [-0.39, 0.29) is 5.56 Å². The Bertz CT molecular complexity index is 69.7. The molecule has 2 heteroatoms. The lowest BCUT2D eigenvalue weighted by Crippen LogP contribution is -2.10. The van der Waals surface area contributed by atoms with Gasteiger partial charge in [0.25, 0.3) is 0 Å². The van der Waals surface area contributed by atoms with Crippen LogP contribution in [0.3, 0.4) is 0 Å². The molecule has 0 bridgehead atoms. The predicted octanol–water partition coefficient (Wildman–Crippen LogP) is 3.02. The van der Waals surface area contributed by atoms with Crippen molar-refractivity contribution in [1.29, 1.82) is 0 Å². The van der Waals surface area contributed by atoms with Gasteiger partial charge in [-0.2, -0.15) is 0 Å². The number of hydrogen-bond donors (Lipinski definition) is 0. The van der Waals surface area contributed by atoms with Crippen LogP contribution in [0.1, 0.15) is 33.6 Å². The fraction of sp³-hybridized carbons (Fsp3) is 1.00. The highest BCUT2D eigenvalue weighted by Crippen LogP contribution is 2.09. The summed E-state index contributed by atoms with van der Waals surface area (Å²) in [6.07, 6.45) is 2.36. The van der Waals surface area contributed by atoms with Gasteiger partial charge < -0.3 is 4.74 Å². The van der Waals surface area contributed by atoms with Gasteiger partial charge in [0.1, 0.15) is 5.56 Å². The third kappa shape index (κ3) is 5.07. The van der Waals surface area contributed by atoms with Gasteiger partial charge in [0, 0.05) is 0 Å². The Labute approximate surface area is 68.7 Å². The number of alkyl halides is 1. The number of ether oxygens (including phenoxy) is 1. The van der Waals surface area contributed by atoms with Crippen LogP contribution in [0.2, 0.25) is 0 Å². The minimum atomic E-state index is -0.138. The van der Waals surface area contributed by atoms with Gasteiger partial charge in [0.05, 0.1) is 6.61 Å². The minimum absolute atomic E-state index is 0.138. The maximum atomic E-state index is 5.61. The first kappa shape index (κ1) is 10.2. The molecule has 0 spiro atoms. The van der Waals surface area contributed by atoms with Crippen LogP contribution in [-0.2, 0) is 4.74 Å². The van der Waals surface area contributed by atoms with Crippen molar-refractivity contribution in [3.63, 3.8) is 0 Å². The maximum Gasteiger partial charge on any atom is 0.128 e. The van der Waals surface area contributed by atoms with Gasteiger partial charge in [0.15, 0.2) is 0 Å². The summed E-state index contributed by atoms with van der Waals surface area (Å²) in [6.45, 7) is 7.01. The molecule has 0 heterocycles. The van der Waals surface area contributed by atoms with Crippen molar-refractivity contribution in [2.45, 2.75) is 39.2 Å². The van der Waals surface area contributed by atoms with E-state index in [0.29, 0.717) is 5.92 Å². The fourth-order valence-electron chi connectivity index (χ4n) is 0.793. The van der Waals surface area contributed by atoms with E-state index >= 15 is 0 Å². The van der Waals surface area contributed by atoms with Crippen LogP contribution in [-0.4, -0.2) is 12.2 Å². The summed E-state index contributed by atoms with van der Waals surface area (Å²) in [5.41, 5.74) is -0.138. The first-order valence-corrected chi connectivity index (χ1v) is 4.40. The van der Waals surface area contributed by atoms with Crippen molar-refractivity contribution < 1.29 is 4.74 Å². The van der Waals surface area contributed by atoms with Crippen LogP contribution in [0.4, 0.5) is 0 Å². The van der Waals surface area contributed by atoms with E-state index in [4.69, 9.17) is 16.3 Å². The Morgan fingerprint density at radius 2 is 1.80 bits per heavy atom. The van der Waals surface area contributed by atoms with Crippen LogP contribution in [0, 0.1) is 5.92 Å². The van der Waals surface area contributed by atoms with E-state index in [0.717, 1.165) is 6.61 Å². The molecule has 62 valence electrons. The fourth-order valence-corrected chi connectivity index (χ4v) is 0.866. The van der Waals surface area contributed by atoms with E-state index in [1.165, 1.54) is 12.8 Å². The van der Waals surface area contributed by atoms with Gasteiger partial charge in [-0.15, -0.1) is 0 Å². The molecule has 0 aromatic heterocycles. The Morgan fingerprint density at radius 3 is 2.10 bits per heavy atom. The highest BCUT2D eigenvalue weighted by atomic mass is 35.5. The van der Waals surface area contributed by atoms with E-state index in [9.17, 15) is 0 Å². The SMILES string of the molecule is CCC(CC)COC(C)Cl. The zero-order valence-corrected chi connectivity index (χ0v) is 7.82. The second-order valence-corrected chi connectivity index (χ2v) is 3.17. The Morgan fingerprint density at radius 1 is 1.30 bits per heavy atom. The van der Waals surface area contributed by atoms with Crippen LogP contribution in [0.15, 0.2) is 0 Å². The molecule has 1 unspecified atom stereocenters. The number of rotatable bonds is 5. The molecule has 1 atom stereocenters. The second kappa shape index (κ2) is 5.99. The van der Waals surface area contributed by atoms with Crippen molar-refractivity contribution >= 4 is 11.6 Å². The third-order valence-corrected chi connectivity index (χ3v) is 1.84. The summed E-state index contributed by atoms with van der Waals surface area (Å²) >= 11 is 5.61. The van der Waals surface area contributed by atoms with Crippen molar-refractivity contribution in [3.8, 4) is 0 Å². The highest BCUT2D eigenvalue weighted by molar-refractivity contribution is 6.19. The average Bonchev–Trinajstić information content (AvgIpc) is 1.90. The van der Waals surface area contributed by atoms with E-state index in [1.54, 1.807) is 0 Å². The molecule has 0 aromatic rings. The standard InChI is InChI=1S/C8H17ClO/c1-4-8(5-2)6-10-7(3)9/h7-8H,4-6H2,1-3H3. The average molecular weight is 165 g/mol. The molecule has 0 aliphatic rings. The molecule has 10 heavy (non-hydrogen) atoms. The van der Waals surface area contributed by atoms with Gasteiger partial charge in [0.2, 0.25) is 0 Å². The van der Waals surface area contributed by atoms with Crippen molar-refractivity contribution in [2.75, 3.05) is 6.61 Å². The first-order chi connectivity index (χ1) is 4.70. The Kier molecular flexibility index (Phi) is 6.14. The smallest absolute Gasteiger partial charge is 0.128 e. The lowest BCUT2D eigenvalue weighted by atomic mass is 10.1. The van der Waals surface area contributed by atoms with Crippen LogP contribution in [0.25, 0.3) is 0 Å². The largest absolute Gasteiger partial charge is 0.363 e. The van der Waals surface area contributed by atoms with Gasteiger partial charge >= 0.3 is 0 Å². The molecule has 1 nitrogen and oxygen atoms in total. The maximum absolute atomic E-state index is 5.61. The minimum Gasteiger partial charge on any atom is -0.363 e. The molecule has 0 amide bonds. The first-order valence-electron chi connectivity index (χ1n) is 3.96. The molecule has 0 saturated heterocycles. The molecular weight excluding hydrogens is 148 g/mol. The molecule has 0 saturated carbocycles. The molecule has 0 aromatic carbocycles. The Balaban J connectivity index is 3.26. The summed E-state index contributed by atoms with van der Waals surface area (Å²) in [4.78, 5) is 0. The third-order valence-electron chi connectivity index (χ3n) is 1.72. The molecule has 0 aliphatic carbocycles. The molecule has 0 radical (unpaired) electrons. The Hall–Kier alpha value is 0.250. The van der Waals surface area contributed by atoms with E-state index in [2.05, 4.69) is 13.8 Å². The summed E-state index contributed by atoms with van der Waals surface area (Å²) < 4.78 is 5.25. The molecule has 0 aliphatic heterocycles. The van der Waals surface area contributed by atoms with Gasteiger partial charge in [-0.3, -0.25) is 0 Å². The predicted molar refractivity (Wildman–Crippen MR) is 45.3 cm³/mol. The van der Waals surface area contributed by atoms with Crippen LogP contribution >= 0.6 is 11.6 Å². The number of halogens is 1. The molecule has 0 fully saturated rings. The zero-order chi connectivity index (χ0) is 7.98. The van der Waals surface area contributed by atoms with E-state index < -0.39 is 0 Å². The molecule has 0 rings (SSSR count). The summed E-state index contributed by atoms with van der Waals surface area (Å²) in [7, 11) is 0. The van der Waals surface area contributed by atoms with Crippen molar-refractivity contribution in [3.05, 3.63) is 0 Å². The van der Waals surface area contributed by atoms with Gasteiger partial charge in [-0.05, 0) is 12.8 Å². The van der Waals surface area contributed by atoms with Gasteiger partial charge in [-0.1, -0.05) is 38.3 Å². The normalized spacial score (nSPS) is 14.1. The van der Waals surface area contributed by atoms with E-state index in [1.807, 2.05) is 6.92 Å². The van der Waals surface area contributed by atoms with Gasteiger partial charge in [-0.25, -0.2) is 0 Å². The summed E-state index contributed by atoms with van der Waals surface area (Å²) in [5, 5.41) is 0. The van der Waals surface area contributed by atoms with Crippen LogP contribution < -0.4 is 0 Å². The van der Waals surface area contributed by atoms with Crippen molar-refractivity contribution in [1.82, 2.24) is 0 Å². The lowest BCUT2D eigenvalue weighted by molar-refractivity contribution is 0.0833. The topological polar surface area (TPSA) is 9.23 Å². The summed E-state index contributed by atoms with van der Waals surface area (Å²) in [5.74, 6) is 0.682. The second-order valence-electron chi connectivity index (χ2n) is 2.56. The number of hydrogen-bond acceptors (Lipinski definition) is 1. The zero-order valence-electron chi connectivity index (χ0n) is 7.06. The van der Waals surface area contributed by atoms with Crippen molar-refractivity contribution in [2.24, 2.45) is 5.92 Å².